The van der Waals surface area contributed by atoms with E-state index in [4.69, 9.17) is 0 Å². The molecule has 2 N–H and O–H groups in total. The van der Waals surface area contributed by atoms with E-state index in [1.807, 2.05) is 26.0 Å². The summed E-state index contributed by atoms with van der Waals surface area (Å²) in [6.45, 7) is 7.21. The minimum absolute atomic E-state index is 0.00152. The number of hydrogen-bond acceptors (Lipinski definition) is 4. The van der Waals surface area contributed by atoms with Gasteiger partial charge in [0.2, 0.25) is 11.8 Å². The van der Waals surface area contributed by atoms with Gasteiger partial charge in [0, 0.05) is 30.9 Å². The van der Waals surface area contributed by atoms with E-state index >= 15 is 0 Å². The molecule has 1 aromatic heterocycles. The van der Waals surface area contributed by atoms with Crippen molar-refractivity contribution in [2.75, 3.05) is 12.4 Å². The Kier molecular flexibility index (Phi) is 5.42. The molecule has 0 saturated carbocycles. The van der Waals surface area contributed by atoms with Crippen LogP contribution in [0.5, 0.6) is 0 Å². The van der Waals surface area contributed by atoms with Gasteiger partial charge in [0.1, 0.15) is 5.82 Å². The smallest absolute Gasteiger partial charge is 0.246 e. The monoisotopic (exact) mass is 343 g/mol. The lowest BCUT2D eigenvalue weighted by molar-refractivity contribution is -0.131. The van der Waals surface area contributed by atoms with Crippen LogP contribution in [0, 0.1) is 5.41 Å². The summed E-state index contributed by atoms with van der Waals surface area (Å²) in [5.41, 5.74) is 0.301. The van der Waals surface area contributed by atoms with E-state index in [1.165, 1.54) is 6.08 Å². The van der Waals surface area contributed by atoms with E-state index in [2.05, 4.69) is 10.3 Å². The second-order valence-corrected chi connectivity index (χ2v) is 6.83. The number of aliphatic hydroxyl groups is 1. The Morgan fingerprint density at radius 3 is 2.80 bits per heavy atom. The van der Waals surface area contributed by atoms with Crippen LogP contribution in [0.4, 0.5) is 5.82 Å². The fraction of sp³-hybridized carbons (Fsp3) is 0.421. The number of nitrogens with one attached hydrogen (secondary N) is 1. The Morgan fingerprint density at radius 1 is 1.48 bits per heavy atom. The second-order valence-electron chi connectivity index (χ2n) is 6.83. The van der Waals surface area contributed by atoms with Gasteiger partial charge in [0.05, 0.1) is 11.5 Å². The number of nitrogens with zero attached hydrogens (tertiary/aromatic N) is 2. The largest absolute Gasteiger partial charge is 0.387 e. The van der Waals surface area contributed by atoms with Crippen LogP contribution in [-0.4, -0.2) is 39.9 Å². The van der Waals surface area contributed by atoms with Crippen LogP contribution in [0.2, 0.25) is 0 Å². The molecule has 2 atom stereocenters. The SMILES string of the molecule is C/C=C\[C@@H](C)N(C)C(=O)/C=C/c1cnc2c(c1)C(O)C(C)(C)C(=O)N2. The van der Waals surface area contributed by atoms with Gasteiger partial charge in [-0.05, 0) is 45.4 Å². The van der Waals surface area contributed by atoms with E-state index in [-0.39, 0.29) is 17.9 Å². The molecule has 1 aliphatic heterocycles. The van der Waals surface area contributed by atoms with Gasteiger partial charge < -0.3 is 15.3 Å². The minimum Gasteiger partial charge on any atom is -0.387 e. The van der Waals surface area contributed by atoms with Crippen molar-refractivity contribution in [2.24, 2.45) is 5.41 Å². The van der Waals surface area contributed by atoms with Gasteiger partial charge in [-0.25, -0.2) is 4.98 Å². The molecule has 25 heavy (non-hydrogen) atoms. The Bertz CT molecular complexity index is 737. The number of pyridine rings is 1. The summed E-state index contributed by atoms with van der Waals surface area (Å²) in [5, 5.41) is 13.2. The summed E-state index contributed by atoms with van der Waals surface area (Å²) < 4.78 is 0. The van der Waals surface area contributed by atoms with Crippen molar-refractivity contribution >= 4 is 23.7 Å². The highest BCUT2D eigenvalue weighted by Crippen LogP contribution is 2.41. The normalized spacial score (nSPS) is 20.4. The molecule has 0 fully saturated rings. The van der Waals surface area contributed by atoms with Gasteiger partial charge in [0.15, 0.2) is 0 Å². The first kappa shape index (κ1) is 18.9. The van der Waals surface area contributed by atoms with Crippen molar-refractivity contribution < 1.29 is 14.7 Å². The number of aromatic nitrogens is 1. The highest BCUT2D eigenvalue weighted by atomic mass is 16.3. The van der Waals surface area contributed by atoms with Crippen LogP contribution in [0.25, 0.3) is 6.08 Å². The quantitative estimate of drug-likeness (QED) is 0.650. The van der Waals surface area contributed by atoms with Crippen LogP contribution in [-0.2, 0) is 9.59 Å². The van der Waals surface area contributed by atoms with Crippen molar-refractivity contribution in [1.82, 2.24) is 9.88 Å². The molecule has 1 aliphatic rings. The van der Waals surface area contributed by atoms with Crippen molar-refractivity contribution in [2.45, 2.75) is 39.8 Å². The van der Waals surface area contributed by atoms with Crippen LogP contribution in [0.3, 0.4) is 0 Å². The second kappa shape index (κ2) is 7.19. The van der Waals surface area contributed by atoms with Crippen LogP contribution < -0.4 is 5.32 Å². The number of aliphatic hydroxyl groups excluding tert-OH is 1. The van der Waals surface area contributed by atoms with Gasteiger partial charge in [-0.15, -0.1) is 0 Å². The first-order valence-electron chi connectivity index (χ1n) is 8.25. The summed E-state index contributed by atoms with van der Waals surface area (Å²) in [6, 6.07) is 1.74. The third-order valence-corrected chi connectivity index (χ3v) is 4.58. The lowest BCUT2D eigenvalue weighted by atomic mass is 9.79. The standard InChI is InChI=1S/C19H25N3O3/c1-6-7-12(2)22(5)15(23)9-8-13-10-14-16(24)19(3,4)18(25)21-17(14)20-11-13/h6-12,16,24H,1-5H3,(H,20,21,25)/b7-6-,9-8+/t12-,16?/m1/s1. The molecule has 0 aromatic carbocycles. The van der Waals surface area contributed by atoms with E-state index < -0.39 is 11.5 Å². The number of hydrogen-bond donors (Lipinski definition) is 2. The first-order chi connectivity index (χ1) is 11.7. The zero-order valence-corrected chi connectivity index (χ0v) is 15.3. The molecule has 6 heteroatoms. The minimum atomic E-state index is -0.954. The maximum atomic E-state index is 12.2. The third-order valence-electron chi connectivity index (χ3n) is 4.58. The molecule has 1 aromatic rings. The van der Waals surface area contributed by atoms with Crippen molar-refractivity contribution in [1.29, 1.82) is 0 Å². The van der Waals surface area contributed by atoms with Gasteiger partial charge >= 0.3 is 0 Å². The maximum absolute atomic E-state index is 12.2. The molecular formula is C19H25N3O3. The van der Waals surface area contributed by atoms with Crippen LogP contribution in [0.15, 0.2) is 30.5 Å². The highest BCUT2D eigenvalue weighted by molar-refractivity contribution is 5.98. The molecular weight excluding hydrogens is 318 g/mol. The number of likely N-dealkylation sites (N-methyl/N-ethyl adjacent to an activating group) is 1. The summed E-state index contributed by atoms with van der Waals surface area (Å²) in [7, 11) is 1.74. The highest BCUT2D eigenvalue weighted by Gasteiger charge is 2.42. The van der Waals surface area contributed by atoms with Crippen molar-refractivity contribution in [3.05, 3.63) is 41.6 Å². The average Bonchev–Trinajstić information content (AvgIpc) is 2.58. The first-order valence-corrected chi connectivity index (χ1v) is 8.25. The average molecular weight is 343 g/mol. The molecule has 0 bridgehead atoms. The predicted molar refractivity (Wildman–Crippen MR) is 97.7 cm³/mol. The number of allylic oxidation sites excluding steroid dienone is 1. The summed E-state index contributed by atoms with van der Waals surface area (Å²) in [4.78, 5) is 30.0. The molecule has 1 unspecified atom stereocenters. The number of carbonyl (C=O) groups excluding carboxylic acids is 2. The molecule has 6 nitrogen and oxygen atoms in total. The number of rotatable bonds is 4. The Hall–Kier alpha value is -2.47. The van der Waals surface area contributed by atoms with Crippen molar-refractivity contribution in [3.63, 3.8) is 0 Å². The molecule has 0 radical (unpaired) electrons. The van der Waals surface area contributed by atoms with Gasteiger partial charge in [-0.1, -0.05) is 12.2 Å². The van der Waals surface area contributed by atoms with E-state index in [9.17, 15) is 14.7 Å². The van der Waals surface area contributed by atoms with Gasteiger partial charge in [-0.3, -0.25) is 9.59 Å². The molecule has 134 valence electrons. The third kappa shape index (κ3) is 3.79. The lowest BCUT2D eigenvalue weighted by Gasteiger charge is -2.34. The summed E-state index contributed by atoms with van der Waals surface area (Å²) in [6.07, 6.45) is 7.58. The fourth-order valence-corrected chi connectivity index (χ4v) is 2.58. The molecule has 0 spiro atoms. The summed E-state index contributed by atoms with van der Waals surface area (Å²) >= 11 is 0. The fourth-order valence-electron chi connectivity index (χ4n) is 2.58. The number of fused-ring (bicyclic) bond motifs is 1. The van der Waals surface area contributed by atoms with Crippen molar-refractivity contribution in [3.8, 4) is 0 Å². The predicted octanol–water partition coefficient (Wildman–Crippen LogP) is 2.53. The topological polar surface area (TPSA) is 82.5 Å². The zero-order valence-electron chi connectivity index (χ0n) is 15.3. The molecule has 0 saturated heterocycles. The summed E-state index contributed by atoms with van der Waals surface area (Å²) in [5.74, 6) is -0.0327. The molecule has 2 amide bonds. The molecule has 2 heterocycles. The van der Waals surface area contributed by atoms with Gasteiger partial charge in [-0.2, -0.15) is 0 Å². The molecule has 0 aliphatic carbocycles. The maximum Gasteiger partial charge on any atom is 0.246 e. The zero-order chi connectivity index (χ0) is 18.8. The number of anilines is 1. The van der Waals surface area contributed by atoms with Crippen LogP contribution in [0.1, 0.15) is 44.9 Å². The van der Waals surface area contributed by atoms with Crippen LogP contribution >= 0.6 is 0 Å². The number of carbonyl (C=O) groups is 2. The Balaban J connectivity index is 2.22. The lowest BCUT2D eigenvalue weighted by Crippen LogP contribution is -2.41. The van der Waals surface area contributed by atoms with E-state index in [0.717, 1.165) is 0 Å². The Morgan fingerprint density at radius 2 is 2.16 bits per heavy atom. The van der Waals surface area contributed by atoms with E-state index in [1.54, 1.807) is 44.1 Å². The number of amides is 2. The van der Waals surface area contributed by atoms with Gasteiger partial charge in [0.25, 0.3) is 0 Å². The Labute approximate surface area is 148 Å². The molecule has 2 rings (SSSR count). The van der Waals surface area contributed by atoms with E-state index in [0.29, 0.717) is 16.9 Å².